The Balaban J connectivity index is 2.17. The standard InChI is InChI=1S/C14H14N4O4S/c1-22-10-5-3-4-7(11(10)19)9-6-8(12(20)21)15-13-16-14(23-2)17-18(9)13/h3-6,9,19H,1-2H3,(H,20,21)(H,15,16,17)/t9-/m0/s1. The minimum Gasteiger partial charge on any atom is -0.504 e. The highest BCUT2D eigenvalue weighted by atomic mass is 32.2. The number of carboxylic acids is 1. The van der Waals surface area contributed by atoms with E-state index in [0.717, 1.165) is 0 Å². The third kappa shape index (κ3) is 2.59. The van der Waals surface area contributed by atoms with E-state index in [4.69, 9.17) is 4.74 Å². The first kappa shape index (κ1) is 15.2. The maximum atomic E-state index is 11.3. The SMILES string of the molecule is COc1cccc([C@@H]2C=C(C(=O)O)Nc3nc(SC)nn32)c1O. The van der Waals surface area contributed by atoms with E-state index in [1.807, 2.05) is 6.26 Å². The number of nitrogens with one attached hydrogen (secondary N) is 1. The Morgan fingerprint density at radius 1 is 1.48 bits per heavy atom. The van der Waals surface area contributed by atoms with Gasteiger partial charge in [0, 0.05) is 5.56 Å². The molecule has 0 spiro atoms. The van der Waals surface area contributed by atoms with Crippen molar-refractivity contribution in [3.8, 4) is 11.5 Å². The average molecular weight is 334 g/mol. The van der Waals surface area contributed by atoms with Gasteiger partial charge >= 0.3 is 5.97 Å². The quantitative estimate of drug-likeness (QED) is 0.725. The second-order valence-electron chi connectivity index (χ2n) is 4.72. The van der Waals surface area contributed by atoms with Gasteiger partial charge in [0.1, 0.15) is 11.7 Å². The summed E-state index contributed by atoms with van der Waals surface area (Å²) in [7, 11) is 1.45. The molecule has 0 saturated carbocycles. The van der Waals surface area contributed by atoms with Crippen LogP contribution in [0.25, 0.3) is 0 Å². The number of allylic oxidation sites excluding steroid dienone is 1. The molecule has 0 fully saturated rings. The van der Waals surface area contributed by atoms with Crippen LogP contribution in [0.2, 0.25) is 0 Å². The first-order valence-corrected chi connectivity index (χ1v) is 7.86. The summed E-state index contributed by atoms with van der Waals surface area (Å²) in [6, 6.07) is 4.42. The molecule has 1 aromatic heterocycles. The number of phenolic OH excluding ortho intramolecular Hbond substituents is 1. The van der Waals surface area contributed by atoms with Crippen LogP contribution in [-0.4, -0.2) is 44.3 Å². The number of phenols is 1. The van der Waals surface area contributed by atoms with Crippen molar-refractivity contribution in [2.24, 2.45) is 0 Å². The van der Waals surface area contributed by atoms with Gasteiger partial charge in [-0.2, -0.15) is 4.98 Å². The number of anilines is 1. The Labute approximate surface area is 135 Å². The molecule has 3 N–H and O–H groups in total. The average Bonchev–Trinajstić information content (AvgIpc) is 2.97. The number of hydrogen-bond donors (Lipinski definition) is 3. The molecule has 1 aromatic carbocycles. The van der Waals surface area contributed by atoms with E-state index >= 15 is 0 Å². The second kappa shape index (κ2) is 5.84. The Morgan fingerprint density at radius 2 is 2.26 bits per heavy atom. The van der Waals surface area contributed by atoms with Gasteiger partial charge in [0.05, 0.1) is 7.11 Å². The molecule has 0 saturated heterocycles. The number of aromatic hydroxyl groups is 1. The maximum Gasteiger partial charge on any atom is 0.352 e. The number of thioether (sulfide) groups is 1. The minimum atomic E-state index is -1.11. The summed E-state index contributed by atoms with van der Waals surface area (Å²) < 4.78 is 6.65. The van der Waals surface area contributed by atoms with Crippen molar-refractivity contribution < 1.29 is 19.7 Å². The fourth-order valence-electron chi connectivity index (χ4n) is 2.35. The maximum absolute atomic E-state index is 11.3. The number of aliphatic carboxylic acids is 1. The first-order valence-electron chi connectivity index (χ1n) is 6.63. The predicted molar refractivity (Wildman–Crippen MR) is 83.9 cm³/mol. The fourth-order valence-corrected chi connectivity index (χ4v) is 2.70. The summed E-state index contributed by atoms with van der Waals surface area (Å²) in [4.78, 5) is 15.6. The van der Waals surface area contributed by atoms with E-state index in [1.54, 1.807) is 18.2 Å². The van der Waals surface area contributed by atoms with Gasteiger partial charge in [0.15, 0.2) is 11.5 Å². The summed E-state index contributed by atoms with van der Waals surface area (Å²) >= 11 is 1.34. The number of rotatable bonds is 4. The number of hydrogen-bond acceptors (Lipinski definition) is 7. The molecule has 23 heavy (non-hydrogen) atoms. The van der Waals surface area contributed by atoms with Gasteiger partial charge < -0.3 is 20.3 Å². The summed E-state index contributed by atoms with van der Waals surface area (Å²) in [5.41, 5.74) is 0.452. The van der Waals surface area contributed by atoms with Crippen LogP contribution in [0.4, 0.5) is 5.95 Å². The Hall–Kier alpha value is -2.68. The zero-order valence-electron chi connectivity index (χ0n) is 12.3. The topological polar surface area (TPSA) is 110 Å². The Kier molecular flexibility index (Phi) is 3.87. The molecule has 0 unspecified atom stereocenters. The van der Waals surface area contributed by atoms with Crippen molar-refractivity contribution in [2.45, 2.75) is 11.2 Å². The Bertz CT molecular complexity index is 802. The van der Waals surface area contributed by atoms with E-state index in [2.05, 4.69) is 15.4 Å². The van der Waals surface area contributed by atoms with Gasteiger partial charge in [0.2, 0.25) is 11.1 Å². The zero-order chi connectivity index (χ0) is 16.6. The summed E-state index contributed by atoms with van der Waals surface area (Å²) in [6.07, 6.45) is 3.30. The molecule has 9 heteroatoms. The number of nitrogens with zero attached hydrogens (tertiary/aromatic N) is 3. The van der Waals surface area contributed by atoms with E-state index < -0.39 is 12.0 Å². The molecule has 2 aromatic rings. The number of carbonyl (C=O) groups is 1. The highest BCUT2D eigenvalue weighted by molar-refractivity contribution is 7.98. The van der Waals surface area contributed by atoms with Crippen molar-refractivity contribution in [1.82, 2.24) is 14.8 Å². The molecule has 8 nitrogen and oxygen atoms in total. The summed E-state index contributed by atoms with van der Waals surface area (Å²) in [5, 5.41) is 27.2. The van der Waals surface area contributed by atoms with Crippen LogP contribution in [0.3, 0.4) is 0 Å². The van der Waals surface area contributed by atoms with Gasteiger partial charge in [-0.1, -0.05) is 23.9 Å². The van der Waals surface area contributed by atoms with E-state index in [1.165, 1.54) is 29.6 Å². The number of methoxy groups -OCH3 is 1. The fraction of sp³-hybridized carbons (Fsp3) is 0.214. The highest BCUT2D eigenvalue weighted by Crippen LogP contribution is 2.38. The third-order valence-electron chi connectivity index (χ3n) is 3.43. The highest BCUT2D eigenvalue weighted by Gasteiger charge is 2.29. The molecule has 2 heterocycles. The molecule has 0 bridgehead atoms. The number of carboxylic acid groups (broad SMARTS) is 1. The van der Waals surface area contributed by atoms with Crippen molar-refractivity contribution in [2.75, 3.05) is 18.7 Å². The molecule has 0 amide bonds. The number of ether oxygens (including phenoxy) is 1. The molecule has 1 aliphatic rings. The van der Waals surface area contributed by atoms with Crippen LogP contribution < -0.4 is 10.1 Å². The third-order valence-corrected chi connectivity index (χ3v) is 3.97. The van der Waals surface area contributed by atoms with Crippen molar-refractivity contribution in [3.05, 3.63) is 35.5 Å². The second-order valence-corrected chi connectivity index (χ2v) is 5.49. The minimum absolute atomic E-state index is 0.0234. The lowest BCUT2D eigenvalue weighted by Crippen LogP contribution is -2.24. The number of benzene rings is 1. The zero-order valence-corrected chi connectivity index (χ0v) is 13.2. The van der Waals surface area contributed by atoms with Crippen LogP contribution in [0.5, 0.6) is 11.5 Å². The lowest BCUT2D eigenvalue weighted by molar-refractivity contribution is -0.132. The van der Waals surface area contributed by atoms with Crippen LogP contribution in [0, 0.1) is 0 Å². The molecule has 0 aliphatic carbocycles. The summed E-state index contributed by atoms with van der Waals surface area (Å²) in [6.45, 7) is 0. The van der Waals surface area contributed by atoms with E-state index in [-0.39, 0.29) is 11.4 Å². The van der Waals surface area contributed by atoms with E-state index in [0.29, 0.717) is 22.4 Å². The van der Waals surface area contributed by atoms with Crippen LogP contribution in [-0.2, 0) is 4.79 Å². The van der Waals surface area contributed by atoms with Crippen molar-refractivity contribution in [3.63, 3.8) is 0 Å². The number of para-hydroxylation sites is 1. The molecular formula is C14H14N4O4S. The van der Waals surface area contributed by atoms with Gasteiger partial charge in [0.25, 0.3) is 0 Å². The van der Waals surface area contributed by atoms with Gasteiger partial charge in [-0.25, -0.2) is 9.48 Å². The number of fused-ring (bicyclic) bond motifs is 1. The lowest BCUT2D eigenvalue weighted by Gasteiger charge is -2.23. The lowest BCUT2D eigenvalue weighted by atomic mass is 10.0. The predicted octanol–water partition coefficient (Wildman–Crippen LogP) is 1.70. The molecule has 1 atom stereocenters. The normalized spacial score (nSPS) is 16.3. The molecule has 1 aliphatic heterocycles. The summed E-state index contributed by atoms with van der Waals surface area (Å²) in [5.74, 6) is -0.563. The monoisotopic (exact) mass is 334 g/mol. The van der Waals surface area contributed by atoms with Gasteiger partial charge in [-0.15, -0.1) is 5.10 Å². The van der Waals surface area contributed by atoms with Crippen molar-refractivity contribution in [1.29, 1.82) is 0 Å². The van der Waals surface area contributed by atoms with Crippen LogP contribution in [0.1, 0.15) is 11.6 Å². The van der Waals surface area contributed by atoms with Crippen LogP contribution in [0.15, 0.2) is 35.1 Å². The largest absolute Gasteiger partial charge is 0.504 e. The van der Waals surface area contributed by atoms with Gasteiger partial charge in [-0.3, -0.25) is 0 Å². The first-order chi connectivity index (χ1) is 11.0. The molecule has 3 rings (SSSR count). The molecular weight excluding hydrogens is 320 g/mol. The molecule has 120 valence electrons. The smallest absolute Gasteiger partial charge is 0.352 e. The Morgan fingerprint density at radius 3 is 2.91 bits per heavy atom. The van der Waals surface area contributed by atoms with Crippen molar-refractivity contribution >= 4 is 23.7 Å². The molecule has 0 radical (unpaired) electrons. The van der Waals surface area contributed by atoms with Gasteiger partial charge in [-0.05, 0) is 18.4 Å². The number of aromatic nitrogens is 3. The van der Waals surface area contributed by atoms with E-state index in [9.17, 15) is 15.0 Å². The van der Waals surface area contributed by atoms with Crippen LogP contribution >= 0.6 is 11.8 Å².